The number of halogens is 1. The zero-order chi connectivity index (χ0) is 14.1. The SMILES string of the molecule is CCN(Cc1ccccc1)C(=O)C1C2CCC(C2)C1N.Cl. The number of hydrogen-bond acceptors (Lipinski definition) is 2. The predicted molar refractivity (Wildman–Crippen MR) is 87.1 cm³/mol. The van der Waals surface area contributed by atoms with E-state index in [0.717, 1.165) is 6.54 Å². The number of amides is 1. The van der Waals surface area contributed by atoms with Crippen molar-refractivity contribution in [2.45, 2.75) is 38.8 Å². The summed E-state index contributed by atoms with van der Waals surface area (Å²) in [4.78, 5) is 14.8. The Bertz CT molecular complexity index is 477. The third kappa shape index (κ3) is 3.09. The highest BCUT2D eigenvalue weighted by Crippen LogP contribution is 2.48. The summed E-state index contributed by atoms with van der Waals surface area (Å²) in [6.45, 7) is 3.52. The minimum atomic E-state index is 0. The predicted octanol–water partition coefficient (Wildman–Crippen LogP) is 2.83. The van der Waals surface area contributed by atoms with Crippen LogP contribution in [-0.4, -0.2) is 23.4 Å². The molecule has 0 saturated heterocycles. The number of hydrogen-bond donors (Lipinski definition) is 1. The van der Waals surface area contributed by atoms with Gasteiger partial charge in [-0.2, -0.15) is 0 Å². The summed E-state index contributed by atoms with van der Waals surface area (Å²) in [5, 5.41) is 0. The minimum Gasteiger partial charge on any atom is -0.338 e. The summed E-state index contributed by atoms with van der Waals surface area (Å²) in [5.41, 5.74) is 7.50. The Morgan fingerprint density at radius 2 is 1.90 bits per heavy atom. The van der Waals surface area contributed by atoms with Crippen LogP contribution in [0, 0.1) is 17.8 Å². The number of nitrogens with zero attached hydrogens (tertiary/aromatic N) is 1. The van der Waals surface area contributed by atoms with Gasteiger partial charge in [0.25, 0.3) is 0 Å². The lowest BCUT2D eigenvalue weighted by molar-refractivity contribution is -0.138. The minimum absolute atomic E-state index is 0. The highest BCUT2D eigenvalue weighted by atomic mass is 35.5. The molecule has 0 heterocycles. The highest BCUT2D eigenvalue weighted by Gasteiger charge is 2.49. The monoisotopic (exact) mass is 308 g/mol. The Hall–Kier alpha value is -1.06. The molecule has 4 heteroatoms. The van der Waals surface area contributed by atoms with E-state index in [4.69, 9.17) is 5.73 Å². The Balaban J connectivity index is 0.00000161. The van der Waals surface area contributed by atoms with E-state index in [-0.39, 0.29) is 30.3 Å². The lowest BCUT2D eigenvalue weighted by atomic mass is 9.84. The zero-order valence-electron chi connectivity index (χ0n) is 12.6. The van der Waals surface area contributed by atoms with Crippen LogP contribution in [0.2, 0.25) is 0 Å². The van der Waals surface area contributed by atoms with Crippen LogP contribution in [0.15, 0.2) is 30.3 Å². The van der Waals surface area contributed by atoms with Gasteiger partial charge in [-0.05, 0) is 43.6 Å². The molecule has 4 atom stereocenters. The quantitative estimate of drug-likeness (QED) is 0.929. The molecule has 4 unspecified atom stereocenters. The fourth-order valence-electron chi connectivity index (χ4n) is 4.06. The molecule has 2 N–H and O–H groups in total. The smallest absolute Gasteiger partial charge is 0.227 e. The molecule has 1 aromatic rings. The van der Waals surface area contributed by atoms with Gasteiger partial charge in [-0.3, -0.25) is 4.79 Å². The molecular weight excluding hydrogens is 284 g/mol. The van der Waals surface area contributed by atoms with Crippen molar-refractivity contribution in [3.05, 3.63) is 35.9 Å². The maximum atomic E-state index is 12.8. The van der Waals surface area contributed by atoms with Gasteiger partial charge < -0.3 is 10.6 Å². The maximum absolute atomic E-state index is 12.8. The zero-order valence-corrected chi connectivity index (χ0v) is 13.4. The van der Waals surface area contributed by atoms with Crippen LogP contribution in [0.5, 0.6) is 0 Å². The Morgan fingerprint density at radius 3 is 2.48 bits per heavy atom. The van der Waals surface area contributed by atoms with Crippen LogP contribution in [0.25, 0.3) is 0 Å². The van der Waals surface area contributed by atoms with Gasteiger partial charge in [0.15, 0.2) is 0 Å². The summed E-state index contributed by atoms with van der Waals surface area (Å²) in [6.07, 6.45) is 3.58. The van der Waals surface area contributed by atoms with Crippen molar-refractivity contribution in [3.8, 4) is 0 Å². The molecule has 3 nitrogen and oxygen atoms in total. The Morgan fingerprint density at radius 1 is 1.24 bits per heavy atom. The number of rotatable bonds is 4. The molecule has 2 bridgehead atoms. The number of benzene rings is 1. The van der Waals surface area contributed by atoms with E-state index in [1.165, 1.54) is 24.8 Å². The lowest BCUT2D eigenvalue weighted by Crippen LogP contribution is -2.46. The summed E-state index contributed by atoms with van der Waals surface area (Å²) in [6, 6.07) is 10.3. The molecule has 1 amide bonds. The summed E-state index contributed by atoms with van der Waals surface area (Å²) < 4.78 is 0. The fourth-order valence-corrected chi connectivity index (χ4v) is 4.06. The van der Waals surface area contributed by atoms with Gasteiger partial charge in [-0.15, -0.1) is 12.4 Å². The van der Waals surface area contributed by atoms with Crippen molar-refractivity contribution in [1.29, 1.82) is 0 Å². The molecule has 0 aromatic heterocycles. The van der Waals surface area contributed by atoms with Crippen molar-refractivity contribution >= 4 is 18.3 Å². The molecule has 21 heavy (non-hydrogen) atoms. The number of fused-ring (bicyclic) bond motifs is 2. The van der Waals surface area contributed by atoms with Crippen molar-refractivity contribution in [1.82, 2.24) is 4.90 Å². The highest BCUT2D eigenvalue weighted by molar-refractivity contribution is 5.85. The van der Waals surface area contributed by atoms with Gasteiger partial charge in [-0.25, -0.2) is 0 Å². The van der Waals surface area contributed by atoms with E-state index in [9.17, 15) is 4.79 Å². The molecule has 0 radical (unpaired) electrons. The van der Waals surface area contributed by atoms with Crippen molar-refractivity contribution in [3.63, 3.8) is 0 Å². The van der Waals surface area contributed by atoms with E-state index < -0.39 is 0 Å². The van der Waals surface area contributed by atoms with Gasteiger partial charge in [0.2, 0.25) is 5.91 Å². The van der Waals surface area contributed by atoms with Crippen molar-refractivity contribution < 1.29 is 4.79 Å². The number of carbonyl (C=O) groups excluding carboxylic acids is 1. The van der Waals surface area contributed by atoms with Crippen LogP contribution < -0.4 is 5.73 Å². The molecule has 1 aromatic carbocycles. The molecular formula is C17H25ClN2O. The van der Waals surface area contributed by atoms with Gasteiger partial charge >= 0.3 is 0 Å². The van der Waals surface area contributed by atoms with Gasteiger partial charge in [0.05, 0.1) is 5.92 Å². The fraction of sp³-hybridized carbons (Fsp3) is 0.588. The summed E-state index contributed by atoms with van der Waals surface area (Å²) >= 11 is 0. The van der Waals surface area contributed by atoms with Crippen LogP contribution in [-0.2, 0) is 11.3 Å². The normalized spacial score (nSPS) is 30.0. The Labute approximate surface area is 133 Å². The summed E-state index contributed by atoms with van der Waals surface area (Å²) in [5.74, 6) is 1.46. The van der Waals surface area contributed by atoms with E-state index in [1.807, 2.05) is 23.1 Å². The van der Waals surface area contributed by atoms with Gasteiger partial charge in [0.1, 0.15) is 0 Å². The van der Waals surface area contributed by atoms with Crippen LogP contribution in [0.4, 0.5) is 0 Å². The van der Waals surface area contributed by atoms with E-state index >= 15 is 0 Å². The molecule has 0 spiro atoms. The average Bonchev–Trinajstić information content (AvgIpc) is 3.06. The maximum Gasteiger partial charge on any atom is 0.227 e. The van der Waals surface area contributed by atoms with Crippen molar-refractivity contribution in [2.24, 2.45) is 23.5 Å². The number of nitrogens with two attached hydrogens (primary N) is 1. The molecule has 3 rings (SSSR count). The topological polar surface area (TPSA) is 46.3 Å². The second-order valence-electron chi connectivity index (χ2n) is 6.27. The molecule has 0 aliphatic heterocycles. The first-order valence-electron chi connectivity index (χ1n) is 7.79. The molecule has 116 valence electrons. The third-order valence-electron chi connectivity index (χ3n) is 5.18. The van der Waals surface area contributed by atoms with E-state index in [0.29, 0.717) is 18.4 Å². The second kappa shape index (κ2) is 6.80. The first-order valence-corrected chi connectivity index (χ1v) is 7.79. The molecule has 2 aliphatic rings. The van der Waals surface area contributed by atoms with Crippen LogP contribution >= 0.6 is 12.4 Å². The van der Waals surface area contributed by atoms with Crippen LogP contribution in [0.1, 0.15) is 31.7 Å². The first kappa shape index (κ1) is 16.3. The van der Waals surface area contributed by atoms with E-state index in [1.54, 1.807) is 0 Å². The molecule has 2 fully saturated rings. The first-order chi connectivity index (χ1) is 9.70. The summed E-state index contributed by atoms with van der Waals surface area (Å²) in [7, 11) is 0. The lowest BCUT2D eigenvalue weighted by Gasteiger charge is -2.32. The molecule has 2 saturated carbocycles. The second-order valence-corrected chi connectivity index (χ2v) is 6.27. The van der Waals surface area contributed by atoms with Crippen LogP contribution in [0.3, 0.4) is 0 Å². The average molecular weight is 309 g/mol. The van der Waals surface area contributed by atoms with Gasteiger partial charge in [0, 0.05) is 19.1 Å². The standard InChI is InChI=1S/C17H24N2O.ClH/c1-2-19(11-12-6-4-3-5-7-12)17(20)15-13-8-9-14(10-13)16(15)18;/h3-7,13-16H,2,8-11,18H2,1H3;1H. The third-order valence-corrected chi connectivity index (χ3v) is 5.18. The van der Waals surface area contributed by atoms with E-state index in [2.05, 4.69) is 19.1 Å². The van der Waals surface area contributed by atoms with Crippen molar-refractivity contribution in [2.75, 3.05) is 6.54 Å². The Kier molecular flexibility index (Phi) is 5.28. The van der Waals surface area contributed by atoms with Gasteiger partial charge in [-0.1, -0.05) is 30.3 Å². The number of carbonyl (C=O) groups is 1. The largest absolute Gasteiger partial charge is 0.338 e. The molecule has 2 aliphatic carbocycles.